The van der Waals surface area contributed by atoms with E-state index >= 15 is 0 Å². The lowest BCUT2D eigenvalue weighted by molar-refractivity contribution is 0.119. The average Bonchev–Trinajstić information content (AvgIpc) is 3.15. The van der Waals surface area contributed by atoms with E-state index in [9.17, 15) is 9.18 Å². The number of alkyl halides is 1. The lowest BCUT2D eigenvalue weighted by Gasteiger charge is -2.35. The Morgan fingerprint density at radius 1 is 1.30 bits per heavy atom. The van der Waals surface area contributed by atoms with Crippen molar-refractivity contribution >= 4 is 22.8 Å². The van der Waals surface area contributed by atoms with E-state index < -0.39 is 6.17 Å². The molecule has 0 saturated carbocycles. The molecule has 1 aromatic carbocycles. The lowest BCUT2D eigenvalue weighted by Crippen LogP contribution is -2.54. The molecule has 0 bridgehead atoms. The first-order valence-electron chi connectivity index (χ1n) is 10.1. The minimum Gasteiger partial charge on any atom is -0.441 e. The molecule has 2 N–H and O–H groups in total. The average molecular weight is 412 g/mol. The number of oxazole rings is 1. The smallest absolute Gasteiger partial charge is 0.323 e. The number of carbonyl (C=O) groups is 1. The normalized spacial score (nSPS) is 19.4. The Morgan fingerprint density at radius 3 is 2.83 bits per heavy atom. The Hall–Kier alpha value is -3.07. The number of benzene rings is 1. The van der Waals surface area contributed by atoms with Crippen LogP contribution in [-0.4, -0.2) is 57.5 Å². The van der Waals surface area contributed by atoms with Gasteiger partial charge in [0.2, 0.25) is 0 Å². The maximum Gasteiger partial charge on any atom is 0.323 e. The number of rotatable bonds is 4. The number of nitrogens with zero attached hydrogens (tertiary/aromatic N) is 4. The fourth-order valence-corrected chi connectivity index (χ4v) is 3.65. The number of urea groups is 1. The number of anilines is 1. The van der Waals surface area contributed by atoms with Crippen molar-refractivity contribution in [1.29, 1.82) is 0 Å². The molecule has 0 spiro atoms. The van der Waals surface area contributed by atoms with Gasteiger partial charge in [-0.15, -0.1) is 10.2 Å². The lowest BCUT2D eigenvalue weighted by atomic mass is 10.0. The topological polar surface area (TPSA) is 96.2 Å². The monoisotopic (exact) mass is 412 g/mol. The van der Waals surface area contributed by atoms with Crippen LogP contribution in [0.2, 0.25) is 0 Å². The van der Waals surface area contributed by atoms with Gasteiger partial charge in [0.15, 0.2) is 17.5 Å². The van der Waals surface area contributed by atoms with Crippen LogP contribution in [0.1, 0.15) is 26.2 Å². The summed E-state index contributed by atoms with van der Waals surface area (Å²) < 4.78 is 20.0. The molecule has 30 heavy (non-hydrogen) atoms. The van der Waals surface area contributed by atoms with E-state index in [0.717, 1.165) is 10.9 Å². The number of nitrogens with one attached hydrogen (secondary N) is 2. The van der Waals surface area contributed by atoms with E-state index in [1.807, 2.05) is 32.0 Å². The first kappa shape index (κ1) is 20.2. The molecular formula is C21H25FN6O2. The maximum atomic E-state index is 14.4. The maximum absolute atomic E-state index is 14.4. The van der Waals surface area contributed by atoms with Crippen molar-refractivity contribution < 1.29 is 13.6 Å². The Bertz CT molecular complexity index is 1050. The molecule has 2 atom stereocenters. The molecule has 3 aromatic rings. The summed E-state index contributed by atoms with van der Waals surface area (Å²) in [6.45, 7) is 6.28. The summed E-state index contributed by atoms with van der Waals surface area (Å²) in [5.74, 6) is 1.56. The van der Waals surface area contributed by atoms with Crippen LogP contribution >= 0.6 is 0 Å². The highest BCUT2D eigenvalue weighted by Crippen LogP contribution is 2.25. The Labute approximate surface area is 173 Å². The van der Waals surface area contributed by atoms with E-state index in [-0.39, 0.29) is 24.7 Å². The van der Waals surface area contributed by atoms with E-state index in [1.165, 1.54) is 4.90 Å². The Morgan fingerprint density at radius 2 is 2.13 bits per heavy atom. The van der Waals surface area contributed by atoms with Crippen LogP contribution in [0.4, 0.5) is 15.0 Å². The molecule has 8 nitrogen and oxygen atoms in total. The molecule has 1 aliphatic rings. The number of halogens is 1. The molecule has 4 rings (SSSR count). The number of hydrogen-bond donors (Lipinski definition) is 2. The van der Waals surface area contributed by atoms with Gasteiger partial charge < -0.3 is 14.6 Å². The minimum atomic E-state index is -1.11. The van der Waals surface area contributed by atoms with E-state index in [0.29, 0.717) is 36.0 Å². The van der Waals surface area contributed by atoms with Gasteiger partial charge in [-0.1, -0.05) is 13.8 Å². The second kappa shape index (κ2) is 8.35. The molecule has 0 unspecified atom stereocenters. The van der Waals surface area contributed by atoms with Crippen LogP contribution in [-0.2, 0) is 0 Å². The molecule has 0 aliphatic carbocycles. The van der Waals surface area contributed by atoms with Crippen LogP contribution in [0.5, 0.6) is 0 Å². The summed E-state index contributed by atoms with van der Waals surface area (Å²) >= 11 is 0. The van der Waals surface area contributed by atoms with Crippen LogP contribution in [0.3, 0.4) is 0 Å². The van der Waals surface area contributed by atoms with Gasteiger partial charge in [-0.05, 0) is 30.7 Å². The van der Waals surface area contributed by atoms with Gasteiger partial charge in [0.05, 0.1) is 18.3 Å². The van der Waals surface area contributed by atoms with Gasteiger partial charge in [0.25, 0.3) is 0 Å². The standard InChI is InChI=1S/C21H25FN6O2/c1-12(2)24-18-6-7-28(11-16(18)22)21(29)25-20-9-15-8-14(4-5-17(15)26-27-20)19-10-23-13(3)30-19/h4-5,8-10,12,16,18,24H,6-7,11H2,1-3H3,(H,25,27,29)/t16-,18-/m0/s1. The summed E-state index contributed by atoms with van der Waals surface area (Å²) in [5.41, 5.74) is 1.55. The highest BCUT2D eigenvalue weighted by Gasteiger charge is 2.31. The summed E-state index contributed by atoms with van der Waals surface area (Å²) in [6.07, 6.45) is 1.12. The molecule has 2 aromatic heterocycles. The van der Waals surface area contributed by atoms with Crippen molar-refractivity contribution in [2.75, 3.05) is 18.4 Å². The Balaban J connectivity index is 1.46. The van der Waals surface area contributed by atoms with E-state index in [2.05, 4.69) is 25.8 Å². The number of amides is 2. The van der Waals surface area contributed by atoms with Crippen molar-refractivity contribution in [1.82, 2.24) is 25.4 Å². The minimum absolute atomic E-state index is 0.0478. The number of aryl methyl sites for hydroxylation is 1. The third-order valence-electron chi connectivity index (χ3n) is 5.10. The SMILES string of the molecule is Cc1ncc(-c2ccc3nnc(NC(=O)N4CC[C@H](NC(C)C)[C@@H](F)C4)cc3c2)o1. The predicted octanol–water partition coefficient (Wildman–Crippen LogP) is 3.54. The summed E-state index contributed by atoms with van der Waals surface area (Å²) in [4.78, 5) is 18.2. The summed E-state index contributed by atoms with van der Waals surface area (Å²) in [7, 11) is 0. The summed E-state index contributed by atoms with van der Waals surface area (Å²) in [5, 5.41) is 15.0. The zero-order chi connectivity index (χ0) is 21.3. The number of carbonyl (C=O) groups excluding carboxylic acids is 1. The highest BCUT2D eigenvalue weighted by atomic mass is 19.1. The molecule has 158 valence electrons. The molecule has 0 radical (unpaired) electrons. The quantitative estimate of drug-likeness (QED) is 0.681. The van der Waals surface area contributed by atoms with Crippen LogP contribution < -0.4 is 10.6 Å². The number of piperidine rings is 1. The van der Waals surface area contributed by atoms with Gasteiger partial charge >= 0.3 is 6.03 Å². The van der Waals surface area contributed by atoms with Gasteiger partial charge in [-0.2, -0.15) is 0 Å². The van der Waals surface area contributed by atoms with Crippen molar-refractivity contribution in [3.63, 3.8) is 0 Å². The van der Waals surface area contributed by atoms with Crippen LogP contribution in [0, 0.1) is 6.92 Å². The summed E-state index contributed by atoms with van der Waals surface area (Å²) in [6, 6.07) is 6.96. The predicted molar refractivity (Wildman–Crippen MR) is 112 cm³/mol. The molecule has 3 heterocycles. The van der Waals surface area contributed by atoms with Gasteiger partial charge in [-0.25, -0.2) is 14.2 Å². The molecule has 2 amide bonds. The molecule has 1 aliphatic heterocycles. The van der Waals surface area contributed by atoms with Gasteiger partial charge in [-0.3, -0.25) is 5.32 Å². The van der Waals surface area contributed by atoms with Crippen molar-refractivity contribution in [3.8, 4) is 11.3 Å². The third kappa shape index (κ3) is 4.40. The number of likely N-dealkylation sites (tertiary alicyclic amines) is 1. The highest BCUT2D eigenvalue weighted by molar-refractivity contribution is 5.91. The molecule has 9 heteroatoms. The fraction of sp³-hybridized carbons (Fsp3) is 0.429. The fourth-order valence-electron chi connectivity index (χ4n) is 3.65. The Kier molecular flexibility index (Phi) is 5.63. The zero-order valence-corrected chi connectivity index (χ0v) is 17.2. The molecular weight excluding hydrogens is 387 g/mol. The third-order valence-corrected chi connectivity index (χ3v) is 5.10. The van der Waals surface area contributed by atoms with E-state index in [1.54, 1.807) is 19.2 Å². The van der Waals surface area contributed by atoms with Crippen LogP contribution in [0.25, 0.3) is 22.2 Å². The van der Waals surface area contributed by atoms with Crippen LogP contribution in [0.15, 0.2) is 34.9 Å². The second-order valence-electron chi connectivity index (χ2n) is 7.86. The van der Waals surface area contributed by atoms with Crippen molar-refractivity contribution in [2.45, 2.75) is 45.4 Å². The van der Waals surface area contributed by atoms with Gasteiger partial charge in [0, 0.05) is 36.5 Å². The van der Waals surface area contributed by atoms with Crippen molar-refractivity contribution in [3.05, 3.63) is 36.4 Å². The largest absolute Gasteiger partial charge is 0.441 e. The van der Waals surface area contributed by atoms with Crippen molar-refractivity contribution in [2.24, 2.45) is 0 Å². The first-order chi connectivity index (χ1) is 14.4. The first-order valence-corrected chi connectivity index (χ1v) is 10.1. The second-order valence-corrected chi connectivity index (χ2v) is 7.86. The molecule has 1 fully saturated rings. The number of hydrogen-bond acceptors (Lipinski definition) is 6. The molecule has 1 saturated heterocycles. The number of aromatic nitrogens is 3. The van der Waals surface area contributed by atoms with E-state index in [4.69, 9.17) is 4.42 Å². The number of fused-ring (bicyclic) bond motifs is 1. The van der Waals surface area contributed by atoms with Gasteiger partial charge in [0.1, 0.15) is 6.17 Å². The zero-order valence-electron chi connectivity index (χ0n) is 17.2.